The molecule has 0 saturated carbocycles. The minimum atomic E-state index is -3.65. The molecule has 2 aromatic carbocycles. The lowest BCUT2D eigenvalue weighted by Crippen LogP contribution is -2.29. The summed E-state index contributed by atoms with van der Waals surface area (Å²) in [5, 5.41) is 4.23. The predicted octanol–water partition coefficient (Wildman–Crippen LogP) is 4.56. The van der Waals surface area contributed by atoms with Crippen molar-refractivity contribution in [1.82, 2.24) is 15.0 Å². The summed E-state index contributed by atoms with van der Waals surface area (Å²) in [6, 6.07) is 14.9. The Hall–Kier alpha value is -2.58. The van der Waals surface area contributed by atoms with Crippen LogP contribution >= 0.6 is 11.3 Å². The summed E-state index contributed by atoms with van der Waals surface area (Å²) in [7, 11) is -3.65. The standard InChI is InChI=1S/C19H18N4O2S2/c1-19(2,3)27(24,25)16-12-8-4-5-9-13(12)20-17(22-16)23-18-21-14-10-6-7-11-15(14)26-18/h4-11H,1-3H3,(H,20,21,22,23). The van der Waals surface area contributed by atoms with Crippen molar-refractivity contribution in [3.8, 4) is 0 Å². The van der Waals surface area contributed by atoms with Crippen LogP contribution in [-0.2, 0) is 9.84 Å². The second-order valence-corrected chi connectivity index (χ2v) is 10.7. The van der Waals surface area contributed by atoms with Crippen molar-refractivity contribution in [2.45, 2.75) is 30.5 Å². The minimum Gasteiger partial charge on any atom is -0.300 e. The van der Waals surface area contributed by atoms with E-state index in [1.807, 2.05) is 30.3 Å². The van der Waals surface area contributed by atoms with Crippen LogP contribution in [0, 0.1) is 0 Å². The molecule has 2 heterocycles. The fourth-order valence-corrected chi connectivity index (χ4v) is 4.73. The molecule has 0 bridgehead atoms. The van der Waals surface area contributed by atoms with Gasteiger partial charge < -0.3 is 0 Å². The normalized spacial score (nSPS) is 12.6. The Labute approximate surface area is 161 Å². The second-order valence-electron chi connectivity index (χ2n) is 7.10. The maximum atomic E-state index is 13.1. The van der Waals surface area contributed by atoms with Crippen molar-refractivity contribution >= 4 is 53.4 Å². The van der Waals surface area contributed by atoms with E-state index in [0.717, 1.165) is 10.2 Å². The van der Waals surface area contributed by atoms with Gasteiger partial charge in [-0.2, -0.15) is 0 Å². The lowest BCUT2D eigenvalue weighted by atomic mass is 10.2. The van der Waals surface area contributed by atoms with E-state index in [4.69, 9.17) is 0 Å². The number of nitrogens with one attached hydrogen (secondary N) is 1. The van der Waals surface area contributed by atoms with Crippen molar-refractivity contribution < 1.29 is 8.42 Å². The molecule has 0 saturated heterocycles. The lowest BCUT2D eigenvalue weighted by Gasteiger charge is -2.20. The average molecular weight is 399 g/mol. The minimum absolute atomic E-state index is 0.0317. The Morgan fingerprint density at radius 3 is 2.26 bits per heavy atom. The fourth-order valence-electron chi connectivity index (χ4n) is 2.62. The first-order chi connectivity index (χ1) is 12.8. The van der Waals surface area contributed by atoms with Gasteiger partial charge in [-0.05, 0) is 45.0 Å². The van der Waals surface area contributed by atoms with Crippen molar-refractivity contribution in [2.24, 2.45) is 0 Å². The molecule has 2 aromatic heterocycles. The number of aromatic nitrogens is 3. The van der Waals surface area contributed by atoms with Crippen LogP contribution < -0.4 is 5.32 Å². The zero-order valence-electron chi connectivity index (χ0n) is 15.1. The van der Waals surface area contributed by atoms with E-state index in [1.165, 1.54) is 11.3 Å². The van der Waals surface area contributed by atoms with E-state index < -0.39 is 14.6 Å². The Kier molecular flexibility index (Phi) is 4.12. The van der Waals surface area contributed by atoms with Gasteiger partial charge in [-0.3, -0.25) is 5.32 Å². The molecule has 6 nitrogen and oxygen atoms in total. The number of sulfone groups is 1. The number of thiazole rings is 1. The quantitative estimate of drug-likeness (QED) is 0.510. The monoisotopic (exact) mass is 398 g/mol. The van der Waals surface area contributed by atoms with Gasteiger partial charge in [0.15, 0.2) is 10.2 Å². The van der Waals surface area contributed by atoms with Crippen molar-refractivity contribution in [2.75, 3.05) is 5.32 Å². The maximum Gasteiger partial charge on any atom is 0.230 e. The van der Waals surface area contributed by atoms with Crippen LogP contribution in [0.1, 0.15) is 20.8 Å². The van der Waals surface area contributed by atoms with E-state index in [1.54, 1.807) is 39.0 Å². The smallest absolute Gasteiger partial charge is 0.230 e. The van der Waals surface area contributed by atoms with Gasteiger partial charge in [0, 0.05) is 5.39 Å². The summed E-state index contributed by atoms with van der Waals surface area (Å²) >= 11 is 1.46. The fraction of sp³-hybridized carbons (Fsp3) is 0.211. The zero-order valence-corrected chi connectivity index (χ0v) is 16.7. The summed E-state index contributed by atoms with van der Waals surface area (Å²) < 4.78 is 26.2. The molecule has 0 unspecified atom stereocenters. The zero-order chi connectivity index (χ0) is 19.2. The highest BCUT2D eigenvalue weighted by Gasteiger charge is 2.34. The number of para-hydroxylation sites is 2. The van der Waals surface area contributed by atoms with Gasteiger partial charge in [-0.1, -0.05) is 35.6 Å². The molecule has 4 rings (SSSR count). The van der Waals surface area contributed by atoms with Gasteiger partial charge in [0.2, 0.25) is 15.8 Å². The SMILES string of the molecule is CC(C)(C)S(=O)(=O)c1nc(Nc2nc3ccccc3s2)nc2ccccc12. The molecule has 0 fully saturated rings. The van der Waals surface area contributed by atoms with Crippen LogP contribution in [0.3, 0.4) is 0 Å². The van der Waals surface area contributed by atoms with E-state index in [-0.39, 0.29) is 11.0 Å². The molecule has 138 valence electrons. The van der Waals surface area contributed by atoms with Crippen molar-refractivity contribution in [1.29, 1.82) is 0 Å². The molecule has 8 heteroatoms. The highest BCUT2D eigenvalue weighted by molar-refractivity contribution is 7.92. The lowest BCUT2D eigenvalue weighted by molar-refractivity contribution is 0.557. The molecule has 0 amide bonds. The maximum absolute atomic E-state index is 13.1. The molecule has 4 aromatic rings. The van der Waals surface area contributed by atoms with Crippen molar-refractivity contribution in [3.05, 3.63) is 48.5 Å². The summed E-state index contributed by atoms with van der Waals surface area (Å²) in [5.41, 5.74) is 1.44. The van der Waals surface area contributed by atoms with E-state index >= 15 is 0 Å². The van der Waals surface area contributed by atoms with Gasteiger partial charge in [0.25, 0.3) is 0 Å². The van der Waals surface area contributed by atoms with Crippen LogP contribution in [-0.4, -0.2) is 28.1 Å². The number of fused-ring (bicyclic) bond motifs is 2. The first-order valence-electron chi connectivity index (χ1n) is 8.40. The Morgan fingerprint density at radius 1 is 0.889 bits per heavy atom. The first kappa shape index (κ1) is 17.8. The average Bonchev–Trinajstić information content (AvgIpc) is 3.02. The Bertz CT molecular complexity index is 1220. The molecular weight excluding hydrogens is 380 g/mol. The van der Waals surface area contributed by atoms with Crippen LogP contribution in [0.5, 0.6) is 0 Å². The summed E-state index contributed by atoms with van der Waals surface area (Å²) in [5.74, 6) is 0.218. The Morgan fingerprint density at radius 2 is 1.56 bits per heavy atom. The number of benzene rings is 2. The molecule has 0 aliphatic heterocycles. The molecule has 0 atom stereocenters. The molecule has 1 N–H and O–H groups in total. The first-order valence-corrected chi connectivity index (χ1v) is 10.7. The van der Waals surface area contributed by atoms with Gasteiger partial charge in [0.05, 0.1) is 20.5 Å². The number of hydrogen-bond donors (Lipinski definition) is 1. The number of rotatable bonds is 3. The Balaban J connectivity index is 1.87. The molecule has 0 spiro atoms. The topological polar surface area (TPSA) is 84.8 Å². The van der Waals surface area contributed by atoms with E-state index in [2.05, 4.69) is 20.3 Å². The van der Waals surface area contributed by atoms with Gasteiger partial charge >= 0.3 is 0 Å². The largest absolute Gasteiger partial charge is 0.300 e. The molecule has 0 radical (unpaired) electrons. The summed E-state index contributed by atoms with van der Waals surface area (Å²) in [4.78, 5) is 13.3. The van der Waals surface area contributed by atoms with Crippen LogP contribution in [0.2, 0.25) is 0 Å². The summed E-state index contributed by atoms with van der Waals surface area (Å²) in [6.45, 7) is 5.00. The molecule has 0 aliphatic rings. The van der Waals surface area contributed by atoms with Gasteiger partial charge in [-0.25, -0.2) is 23.4 Å². The summed E-state index contributed by atoms with van der Waals surface area (Å²) in [6.07, 6.45) is 0. The van der Waals surface area contributed by atoms with Gasteiger partial charge in [-0.15, -0.1) is 0 Å². The van der Waals surface area contributed by atoms with E-state index in [0.29, 0.717) is 16.0 Å². The van der Waals surface area contributed by atoms with Crippen LogP contribution in [0.15, 0.2) is 53.6 Å². The van der Waals surface area contributed by atoms with E-state index in [9.17, 15) is 8.42 Å². The van der Waals surface area contributed by atoms with Crippen LogP contribution in [0.4, 0.5) is 11.1 Å². The highest BCUT2D eigenvalue weighted by Crippen LogP contribution is 2.31. The highest BCUT2D eigenvalue weighted by atomic mass is 32.2. The number of nitrogens with zero attached hydrogens (tertiary/aromatic N) is 3. The van der Waals surface area contributed by atoms with Crippen LogP contribution in [0.25, 0.3) is 21.1 Å². The van der Waals surface area contributed by atoms with Crippen molar-refractivity contribution in [3.63, 3.8) is 0 Å². The molecule has 27 heavy (non-hydrogen) atoms. The molecular formula is C19H18N4O2S2. The number of hydrogen-bond acceptors (Lipinski definition) is 7. The third-order valence-electron chi connectivity index (χ3n) is 4.14. The predicted molar refractivity (Wildman–Crippen MR) is 109 cm³/mol. The third-order valence-corrected chi connectivity index (χ3v) is 7.53. The second kappa shape index (κ2) is 6.24. The third kappa shape index (κ3) is 3.15. The molecule has 0 aliphatic carbocycles. The number of anilines is 2. The van der Waals surface area contributed by atoms with Gasteiger partial charge in [0.1, 0.15) is 0 Å².